The third kappa shape index (κ3) is 6.84. The van der Waals surface area contributed by atoms with Crippen LogP contribution in [0.15, 0.2) is 249 Å². The minimum atomic E-state index is 0.876. The van der Waals surface area contributed by atoms with Gasteiger partial charge in [0.15, 0.2) is 0 Å². The number of fused-ring (bicyclic) bond motifs is 4. The van der Waals surface area contributed by atoms with E-state index >= 15 is 0 Å². The Morgan fingerprint density at radius 1 is 0.250 bits per heavy atom. The zero-order chi connectivity index (χ0) is 45.0. The van der Waals surface area contributed by atoms with Crippen molar-refractivity contribution in [3.05, 3.63) is 249 Å². The second-order valence-corrected chi connectivity index (χ2v) is 17.3. The van der Waals surface area contributed by atoms with Crippen LogP contribution in [-0.2, 0) is 0 Å². The lowest BCUT2D eigenvalue weighted by molar-refractivity contribution is 1.10. The summed E-state index contributed by atoms with van der Waals surface area (Å²) in [5.74, 6) is 1.75. The molecular formula is C63H41N5. The van der Waals surface area contributed by atoms with Gasteiger partial charge in [-0.25, -0.2) is 15.0 Å². The summed E-state index contributed by atoms with van der Waals surface area (Å²) in [5, 5.41) is 4.69. The van der Waals surface area contributed by atoms with Gasteiger partial charge in [0, 0.05) is 44.8 Å². The molecule has 0 unspecified atom stereocenters. The molecule has 0 saturated heterocycles. The molecule has 0 N–H and O–H groups in total. The molecule has 3 aromatic heterocycles. The summed E-state index contributed by atoms with van der Waals surface area (Å²) >= 11 is 0. The maximum Gasteiger partial charge on any atom is 0.145 e. The first-order chi connectivity index (χ1) is 33.7. The Bertz CT molecular complexity index is 3770. The second-order valence-electron chi connectivity index (χ2n) is 17.3. The summed E-state index contributed by atoms with van der Waals surface area (Å²) < 4.78 is 4.53. The van der Waals surface area contributed by atoms with Crippen LogP contribution in [0.4, 0.5) is 0 Å². The van der Waals surface area contributed by atoms with Crippen LogP contribution in [0.1, 0.15) is 0 Å². The molecule has 318 valence electrons. The highest BCUT2D eigenvalue weighted by atomic mass is 15.1. The lowest BCUT2D eigenvalue weighted by atomic mass is 9.90. The Labute approximate surface area is 393 Å². The van der Waals surface area contributed by atoms with Crippen molar-refractivity contribution in [1.29, 1.82) is 0 Å². The highest BCUT2D eigenvalue weighted by molar-refractivity contribution is 5.97. The van der Waals surface area contributed by atoms with Crippen LogP contribution in [0.2, 0.25) is 0 Å². The molecular weight excluding hydrogens is 827 g/mol. The van der Waals surface area contributed by atoms with Crippen LogP contribution >= 0.6 is 0 Å². The van der Waals surface area contributed by atoms with E-state index < -0.39 is 0 Å². The van der Waals surface area contributed by atoms with E-state index in [0.717, 1.165) is 112 Å². The fraction of sp³-hybridized carbons (Fsp3) is 0. The van der Waals surface area contributed by atoms with E-state index in [1.165, 1.54) is 10.8 Å². The third-order valence-electron chi connectivity index (χ3n) is 13.1. The zero-order valence-corrected chi connectivity index (χ0v) is 36.9. The molecule has 5 heteroatoms. The van der Waals surface area contributed by atoms with Crippen molar-refractivity contribution in [3.63, 3.8) is 0 Å². The SMILES string of the molecule is c1ccc(-n2c(-c3cccc(-c4cc(-c5cccc(-c6nc7ccccc7n6-c6ccccc6)c5)c(-c5ccc6ccccc6c5)nc4-c4ccc5ccccc5c4)c3)nc3ccccc32)cc1. The zero-order valence-electron chi connectivity index (χ0n) is 36.9. The van der Waals surface area contributed by atoms with Crippen molar-refractivity contribution in [1.82, 2.24) is 24.1 Å². The van der Waals surface area contributed by atoms with Crippen LogP contribution in [0.5, 0.6) is 0 Å². The number of benzene rings is 10. The van der Waals surface area contributed by atoms with Crippen LogP contribution in [0.3, 0.4) is 0 Å². The molecule has 0 aliphatic heterocycles. The smallest absolute Gasteiger partial charge is 0.145 e. The number of imidazole rings is 2. The Hall–Kier alpha value is -9.19. The van der Waals surface area contributed by atoms with E-state index in [-0.39, 0.29) is 0 Å². The normalized spacial score (nSPS) is 11.5. The molecule has 10 aromatic carbocycles. The lowest BCUT2D eigenvalue weighted by Crippen LogP contribution is -2.00. The van der Waals surface area contributed by atoms with E-state index in [2.05, 4.69) is 258 Å². The van der Waals surface area contributed by atoms with E-state index in [1.54, 1.807) is 0 Å². The van der Waals surface area contributed by atoms with Gasteiger partial charge in [-0.15, -0.1) is 0 Å². The number of nitrogens with zero attached hydrogens (tertiary/aromatic N) is 5. The fourth-order valence-electron chi connectivity index (χ4n) is 9.83. The first-order valence-electron chi connectivity index (χ1n) is 23.0. The molecule has 0 bridgehead atoms. The number of para-hydroxylation sites is 6. The number of aromatic nitrogens is 5. The number of pyridine rings is 1. The summed E-state index contributed by atoms with van der Waals surface area (Å²) in [6, 6.07) is 88.2. The van der Waals surface area contributed by atoms with Gasteiger partial charge in [-0.3, -0.25) is 9.13 Å². The maximum atomic E-state index is 5.84. The van der Waals surface area contributed by atoms with E-state index in [0.29, 0.717) is 0 Å². The van der Waals surface area contributed by atoms with Crippen LogP contribution in [0, 0.1) is 0 Å². The van der Waals surface area contributed by atoms with Crippen molar-refractivity contribution >= 4 is 43.6 Å². The molecule has 0 aliphatic carbocycles. The number of rotatable bonds is 8. The molecule has 0 atom stereocenters. The minimum absolute atomic E-state index is 0.876. The number of hydrogen-bond acceptors (Lipinski definition) is 3. The van der Waals surface area contributed by atoms with Gasteiger partial charge in [-0.1, -0.05) is 170 Å². The molecule has 0 saturated carbocycles. The Balaban J connectivity index is 1.07. The van der Waals surface area contributed by atoms with Crippen molar-refractivity contribution in [3.8, 4) is 78.9 Å². The minimum Gasteiger partial charge on any atom is -0.292 e. The molecule has 13 rings (SSSR count). The van der Waals surface area contributed by atoms with Gasteiger partial charge in [-0.05, 0) is 112 Å². The van der Waals surface area contributed by atoms with Crippen molar-refractivity contribution in [2.24, 2.45) is 0 Å². The van der Waals surface area contributed by atoms with Crippen molar-refractivity contribution < 1.29 is 0 Å². The van der Waals surface area contributed by atoms with Crippen molar-refractivity contribution in [2.75, 3.05) is 0 Å². The second kappa shape index (κ2) is 16.4. The monoisotopic (exact) mass is 867 g/mol. The standard InChI is InChI=1S/C63H41N5/c1-3-25-52(26-4-1)67-58-31-13-11-29-56(58)64-62(67)50-23-15-21-46(39-50)54-41-55(47-22-16-24-51(40-47)63-65-57-30-12-14-32-59(57)68(63)53-27-5-2-6-28-53)61(49-36-34-43-18-8-10-20-45(43)38-49)66-60(54)48-35-33-42-17-7-9-19-44(42)37-48/h1-41H. The quantitative estimate of drug-likeness (QED) is 0.153. The molecule has 0 fully saturated rings. The average Bonchev–Trinajstić information content (AvgIpc) is 4.01. The summed E-state index contributed by atoms with van der Waals surface area (Å²) in [4.78, 5) is 16.4. The van der Waals surface area contributed by atoms with Gasteiger partial charge in [0.2, 0.25) is 0 Å². The van der Waals surface area contributed by atoms with Gasteiger partial charge in [0.05, 0.1) is 33.5 Å². The predicted molar refractivity (Wildman–Crippen MR) is 281 cm³/mol. The Morgan fingerprint density at radius 2 is 0.647 bits per heavy atom. The van der Waals surface area contributed by atoms with Gasteiger partial charge in [0.1, 0.15) is 11.6 Å². The highest BCUT2D eigenvalue weighted by Crippen LogP contribution is 2.43. The Kier molecular flexibility index (Phi) is 9.43. The molecule has 68 heavy (non-hydrogen) atoms. The van der Waals surface area contributed by atoms with E-state index in [4.69, 9.17) is 15.0 Å². The summed E-state index contributed by atoms with van der Waals surface area (Å²) in [6.45, 7) is 0. The van der Waals surface area contributed by atoms with E-state index in [1.807, 2.05) is 0 Å². The van der Waals surface area contributed by atoms with Crippen molar-refractivity contribution in [2.45, 2.75) is 0 Å². The maximum absolute atomic E-state index is 5.84. The summed E-state index contributed by atoms with van der Waals surface area (Å²) in [7, 11) is 0. The molecule has 0 aliphatic rings. The molecule has 0 amide bonds. The molecule has 0 radical (unpaired) electrons. The Morgan fingerprint density at radius 3 is 1.12 bits per heavy atom. The largest absolute Gasteiger partial charge is 0.292 e. The molecule has 3 heterocycles. The molecule has 13 aromatic rings. The van der Waals surface area contributed by atoms with Crippen LogP contribution < -0.4 is 0 Å². The summed E-state index contributed by atoms with van der Waals surface area (Å²) in [6.07, 6.45) is 0. The van der Waals surface area contributed by atoms with E-state index in [9.17, 15) is 0 Å². The van der Waals surface area contributed by atoms with Gasteiger partial charge in [0.25, 0.3) is 0 Å². The topological polar surface area (TPSA) is 48.5 Å². The third-order valence-corrected chi connectivity index (χ3v) is 13.1. The molecule has 0 spiro atoms. The van der Waals surface area contributed by atoms with Crippen LogP contribution in [0.25, 0.3) is 123 Å². The summed E-state index contributed by atoms with van der Waals surface area (Å²) in [5.41, 5.74) is 16.1. The fourth-order valence-corrected chi connectivity index (χ4v) is 9.83. The predicted octanol–water partition coefficient (Wildman–Crippen LogP) is 16.1. The van der Waals surface area contributed by atoms with Gasteiger partial charge in [-0.2, -0.15) is 0 Å². The van der Waals surface area contributed by atoms with Gasteiger partial charge < -0.3 is 0 Å². The van der Waals surface area contributed by atoms with Gasteiger partial charge >= 0.3 is 0 Å². The lowest BCUT2D eigenvalue weighted by Gasteiger charge is -2.19. The number of hydrogen-bond donors (Lipinski definition) is 0. The first-order valence-corrected chi connectivity index (χ1v) is 23.0. The molecule has 5 nitrogen and oxygen atoms in total. The van der Waals surface area contributed by atoms with Crippen LogP contribution in [-0.4, -0.2) is 24.1 Å². The first kappa shape index (κ1) is 39.2. The average molecular weight is 868 g/mol. The highest BCUT2D eigenvalue weighted by Gasteiger charge is 2.22.